The summed E-state index contributed by atoms with van der Waals surface area (Å²) in [5.41, 5.74) is 0. The van der Waals surface area contributed by atoms with E-state index in [2.05, 4.69) is 5.32 Å². The van der Waals surface area contributed by atoms with Gasteiger partial charge in [0.1, 0.15) is 4.21 Å². The van der Waals surface area contributed by atoms with Crippen molar-refractivity contribution in [1.82, 2.24) is 9.62 Å². The maximum absolute atomic E-state index is 12.6. The monoisotopic (exact) mass is 384 g/mol. The molecule has 3 fully saturated rings. The number of morpholine rings is 1. The molecule has 25 heavy (non-hydrogen) atoms. The second-order valence-corrected chi connectivity index (χ2v) is 10.6. The fraction of sp³-hybridized carbons (Fsp3) is 0.706. The number of ether oxygens (including phenoxy) is 1. The fourth-order valence-electron chi connectivity index (χ4n) is 4.38. The van der Waals surface area contributed by atoms with Crippen molar-refractivity contribution in [2.75, 3.05) is 26.3 Å². The minimum atomic E-state index is -3.44. The van der Waals surface area contributed by atoms with Gasteiger partial charge in [-0.1, -0.05) is 6.42 Å². The molecule has 2 saturated carbocycles. The first-order valence-electron chi connectivity index (χ1n) is 8.98. The van der Waals surface area contributed by atoms with Gasteiger partial charge >= 0.3 is 0 Å². The Bertz CT molecular complexity index is 740. The van der Waals surface area contributed by atoms with Crippen LogP contribution in [0.5, 0.6) is 0 Å². The van der Waals surface area contributed by atoms with E-state index in [0.29, 0.717) is 43.0 Å². The molecule has 1 N–H and O–H groups in total. The molecule has 2 bridgehead atoms. The lowest BCUT2D eigenvalue weighted by Crippen LogP contribution is -2.40. The zero-order chi connectivity index (χ0) is 17.4. The van der Waals surface area contributed by atoms with E-state index in [-0.39, 0.29) is 11.8 Å². The Morgan fingerprint density at radius 3 is 2.72 bits per heavy atom. The predicted octanol–water partition coefficient (Wildman–Crippen LogP) is 1.82. The Hall–Kier alpha value is -0.960. The number of carbonyl (C=O) groups is 1. The maximum atomic E-state index is 12.6. The number of thiophene rings is 1. The molecule has 3 aliphatic rings. The van der Waals surface area contributed by atoms with Crippen molar-refractivity contribution in [3.8, 4) is 0 Å². The van der Waals surface area contributed by atoms with Crippen LogP contribution < -0.4 is 5.32 Å². The van der Waals surface area contributed by atoms with E-state index < -0.39 is 10.0 Å². The van der Waals surface area contributed by atoms with E-state index in [4.69, 9.17) is 4.74 Å². The highest BCUT2D eigenvalue weighted by molar-refractivity contribution is 7.91. The zero-order valence-corrected chi connectivity index (χ0v) is 15.8. The van der Waals surface area contributed by atoms with E-state index >= 15 is 0 Å². The second kappa shape index (κ2) is 6.98. The minimum Gasteiger partial charge on any atom is -0.379 e. The molecule has 2 aliphatic carbocycles. The molecule has 0 spiro atoms. The van der Waals surface area contributed by atoms with Crippen LogP contribution in [-0.2, 0) is 26.1 Å². The van der Waals surface area contributed by atoms with Crippen LogP contribution in [0.3, 0.4) is 0 Å². The van der Waals surface area contributed by atoms with Crippen molar-refractivity contribution in [3.05, 3.63) is 17.0 Å². The lowest BCUT2D eigenvalue weighted by molar-refractivity contribution is -0.126. The van der Waals surface area contributed by atoms with Gasteiger partial charge in [-0.25, -0.2) is 8.42 Å². The van der Waals surface area contributed by atoms with E-state index in [0.717, 1.165) is 17.2 Å². The highest BCUT2D eigenvalue weighted by atomic mass is 32.2. The molecule has 1 aliphatic heterocycles. The molecule has 3 atom stereocenters. The summed E-state index contributed by atoms with van der Waals surface area (Å²) in [6.45, 7) is 2.09. The number of hydrogen-bond donors (Lipinski definition) is 1. The summed E-state index contributed by atoms with van der Waals surface area (Å²) >= 11 is 1.25. The maximum Gasteiger partial charge on any atom is 0.252 e. The summed E-state index contributed by atoms with van der Waals surface area (Å²) in [4.78, 5) is 13.3. The number of amides is 1. The molecule has 0 radical (unpaired) electrons. The Labute approximate surface area is 152 Å². The van der Waals surface area contributed by atoms with Crippen molar-refractivity contribution in [3.63, 3.8) is 0 Å². The molecule has 1 amide bonds. The highest BCUT2D eigenvalue weighted by Gasteiger charge is 2.42. The number of carbonyl (C=O) groups excluding carboxylic acids is 1. The van der Waals surface area contributed by atoms with E-state index in [1.807, 2.05) is 0 Å². The summed E-state index contributed by atoms with van der Waals surface area (Å²) in [5, 5.41) is 3.01. The van der Waals surface area contributed by atoms with Crippen LogP contribution in [0.25, 0.3) is 0 Å². The third-order valence-corrected chi connectivity index (χ3v) is 9.16. The first-order chi connectivity index (χ1) is 12.0. The SMILES string of the molecule is O=C(NCc1ccc(S(=O)(=O)N2CCOCC2)s1)C1CC2CCC1C2. The van der Waals surface area contributed by atoms with Crippen molar-refractivity contribution in [2.24, 2.45) is 17.8 Å². The molecule has 1 aromatic heterocycles. The molecule has 1 aromatic rings. The highest BCUT2D eigenvalue weighted by Crippen LogP contribution is 2.48. The van der Waals surface area contributed by atoms with Crippen molar-refractivity contribution >= 4 is 27.3 Å². The van der Waals surface area contributed by atoms with Crippen molar-refractivity contribution in [2.45, 2.75) is 36.4 Å². The Morgan fingerprint density at radius 1 is 1.24 bits per heavy atom. The summed E-state index contributed by atoms with van der Waals surface area (Å²) in [5.74, 6) is 1.60. The van der Waals surface area contributed by atoms with Gasteiger partial charge in [0, 0.05) is 23.9 Å². The van der Waals surface area contributed by atoms with Crippen LogP contribution >= 0.6 is 11.3 Å². The van der Waals surface area contributed by atoms with Crippen LogP contribution in [0.4, 0.5) is 0 Å². The van der Waals surface area contributed by atoms with E-state index in [9.17, 15) is 13.2 Å². The first kappa shape index (κ1) is 17.5. The number of rotatable bonds is 5. The summed E-state index contributed by atoms with van der Waals surface area (Å²) in [6.07, 6.45) is 4.70. The van der Waals surface area contributed by atoms with Gasteiger partial charge in [0.15, 0.2) is 0 Å². The molecule has 3 unspecified atom stereocenters. The van der Waals surface area contributed by atoms with Crippen molar-refractivity contribution < 1.29 is 17.9 Å². The summed E-state index contributed by atoms with van der Waals surface area (Å²) in [7, 11) is -3.44. The largest absolute Gasteiger partial charge is 0.379 e. The fourth-order valence-corrected chi connectivity index (χ4v) is 7.24. The number of fused-ring (bicyclic) bond motifs is 2. The molecule has 6 nitrogen and oxygen atoms in total. The van der Waals surface area contributed by atoms with Crippen LogP contribution in [0.2, 0.25) is 0 Å². The lowest BCUT2D eigenvalue weighted by Gasteiger charge is -2.25. The van der Waals surface area contributed by atoms with Crippen LogP contribution in [0.15, 0.2) is 16.3 Å². The Balaban J connectivity index is 1.36. The zero-order valence-electron chi connectivity index (χ0n) is 14.1. The molecule has 8 heteroatoms. The van der Waals surface area contributed by atoms with Gasteiger partial charge in [0.2, 0.25) is 5.91 Å². The third-order valence-electron chi connectivity index (χ3n) is 5.71. The number of hydrogen-bond acceptors (Lipinski definition) is 5. The van der Waals surface area contributed by atoms with Crippen LogP contribution in [0.1, 0.15) is 30.6 Å². The van der Waals surface area contributed by atoms with Gasteiger partial charge in [-0.05, 0) is 43.2 Å². The van der Waals surface area contributed by atoms with Gasteiger partial charge in [0.05, 0.1) is 19.8 Å². The topological polar surface area (TPSA) is 75.7 Å². The average molecular weight is 385 g/mol. The van der Waals surface area contributed by atoms with E-state index in [1.165, 1.54) is 34.9 Å². The molecular weight excluding hydrogens is 360 g/mol. The number of sulfonamides is 1. The summed E-state index contributed by atoms with van der Waals surface area (Å²) < 4.78 is 32.3. The van der Waals surface area contributed by atoms with Crippen LogP contribution in [-0.4, -0.2) is 44.9 Å². The first-order valence-corrected chi connectivity index (χ1v) is 11.2. The van der Waals surface area contributed by atoms with Gasteiger partial charge < -0.3 is 10.1 Å². The molecule has 2 heterocycles. The minimum absolute atomic E-state index is 0.137. The van der Waals surface area contributed by atoms with Crippen molar-refractivity contribution in [1.29, 1.82) is 0 Å². The van der Waals surface area contributed by atoms with Gasteiger partial charge in [0.25, 0.3) is 10.0 Å². The predicted molar refractivity (Wildman–Crippen MR) is 94.7 cm³/mol. The van der Waals surface area contributed by atoms with E-state index in [1.54, 1.807) is 12.1 Å². The number of nitrogens with zero attached hydrogens (tertiary/aromatic N) is 1. The lowest BCUT2D eigenvalue weighted by atomic mass is 9.88. The van der Waals surface area contributed by atoms with Gasteiger partial charge in [-0.15, -0.1) is 11.3 Å². The normalized spacial score (nSPS) is 29.8. The smallest absolute Gasteiger partial charge is 0.252 e. The number of nitrogens with one attached hydrogen (secondary N) is 1. The van der Waals surface area contributed by atoms with Gasteiger partial charge in [-0.3, -0.25) is 4.79 Å². The third kappa shape index (κ3) is 3.49. The average Bonchev–Trinajstić information content (AvgIpc) is 3.37. The molecular formula is C17H24N2O4S2. The van der Waals surface area contributed by atoms with Crippen LogP contribution in [0, 0.1) is 17.8 Å². The Morgan fingerprint density at radius 2 is 2.04 bits per heavy atom. The second-order valence-electron chi connectivity index (χ2n) is 7.24. The van der Waals surface area contributed by atoms with Gasteiger partial charge in [-0.2, -0.15) is 4.31 Å². The molecule has 1 saturated heterocycles. The standard InChI is InChI=1S/C17H24N2O4S2/c20-17(15-10-12-1-2-13(15)9-12)18-11-14-3-4-16(24-14)25(21,22)19-5-7-23-8-6-19/h3-4,12-13,15H,1-2,5-11H2,(H,18,20). The summed E-state index contributed by atoms with van der Waals surface area (Å²) in [6, 6.07) is 3.45. The molecule has 0 aromatic carbocycles. The molecule has 4 rings (SSSR count). The Kier molecular flexibility index (Phi) is 4.87. The quantitative estimate of drug-likeness (QED) is 0.840. The molecule has 138 valence electrons.